The fraction of sp³-hybridized carbons (Fsp3) is 0.529. The van der Waals surface area contributed by atoms with E-state index in [0.29, 0.717) is 18.0 Å². The number of amides is 2. The number of nitrogens with zero attached hydrogens (tertiary/aromatic N) is 1. The molecule has 0 atom stereocenters. The summed E-state index contributed by atoms with van der Waals surface area (Å²) in [6.45, 7) is 2.84. The van der Waals surface area contributed by atoms with Crippen LogP contribution in [0, 0.1) is 15.5 Å². The second-order valence-electron chi connectivity index (χ2n) is 6.55. The molecule has 0 bridgehead atoms. The van der Waals surface area contributed by atoms with Crippen LogP contribution in [0.4, 0.5) is 5.69 Å². The van der Waals surface area contributed by atoms with E-state index in [2.05, 4.69) is 10.6 Å². The van der Waals surface area contributed by atoms with Crippen molar-refractivity contribution in [3.05, 3.63) is 33.9 Å². The molecule has 1 aromatic carbocycles. The van der Waals surface area contributed by atoms with Crippen molar-refractivity contribution in [3.8, 4) is 0 Å². The van der Waals surface area contributed by atoms with Crippen LogP contribution in [-0.2, 0) is 9.53 Å². The van der Waals surface area contributed by atoms with Gasteiger partial charge in [0.15, 0.2) is 0 Å². The SMILES string of the molecule is COCC1(CNC(=O)CSc2ccc(C(N)=O)cc2[N+](=O)[O-])CCNCC1.Cl. The average Bonchev–Trinajstić information content (AvgIpc) is 2.65. The minimum absolute atomic E-state index is 0. The number of methoxy groups -OCH3 is 1. The standard InChI is InChI=1S/C17H24N4O5S.ClH/c1-26-11-17(4-6-19-7-5-17)10-20-15(22)9-27-14-3-2-12(16(18)23)8-13(14)21(24)25;/h2-3,8,19H,4-7,9-11H2,1H3,(H2,18,23)(H,20,22);1H. The molecule has 0 spiro atoms. The van der Waals surface area contributed by atoms with Gasteiger partial charge in [-0.1, -0.05) is 0 Å². The highest BCUT2D eigenvalue weighted by atomic mass is 35.5. The van der Waals surface area contributed by atoms with Crippen molar-refractivity contribution in [2.75, 3.05) is 39.1 Å². The smallest absolute Gasteiger partial charge is 0.283 e. The largest absolute Gasteiger partial charge is 0.384 e. The number of piperidine rings is 1. The van der Waals surface area contributed by atoms with Gasteiger partial charge >= 0.3 is 0 Å². The summed E-state index contributed by atoms with van der Waals surface area (Å²) in [5.41, 5.74) is 4.89. The van der Waals surface area contributed by atoms with E-state index in [0.717, 1.165) is 43.8 Å². The zero-order valence-electron chi connectivity index (χ0n) is 15.6. The Morgan fingerprint density at radius 2 is 2.07 bits per heavy atom. The number of halogens is 1. The summed E-state index contributed by atoms with van der Waals surface area (Å²) >= 11 is 1.05. The third-order valence-corrected chi connectivity index (χ3v) is 5.64. The predicted molar refractivity (Wildman–Crippen MR) is 109 cm³/mol. The van der Waals surface area contributed by atoms with E-state index >= 15 is 0 Å². The summed E-state index contributed by atoms with van der Waals surface area (Å²) in [5, 5.41) is 17.4. The van der Waals surface area contributed by atoms with E-state index in [1.807, 2.05) is 0 Å². The Balaban J connectivity index is 0.00000392. The Morgan fingerprint density at radius 1 is 1.39 bits per heavy atom. The number of thioether (sulfide) groups is 1. The van der Waals surface area contributed by atoms with Crippen LogP contribution in [0.2, 0.25) is 0 Å². The number of primary amides is 1. The third-order valence-electron chi connectivity index (χ3n) is 4.57. The molecule has 1 aliphatic rings. The molecule has 1 aromatic rings. The van der Waals surface area contributed by atoms with Crippen LogP contribution in [0.5, 0.6) is 0 Å². The molecule has 28 heavy (non-hydrogen) atoms. The number of nitro benzene ring substituents is 1. The first-order chi connectivity index (χ1) is 12.9. The fourth-order valence-corrected chi connectivity index (χ4v) is 3.89. The lowest BCUT2D eigenvalue weighted by atomic mass is 9.79. The molecule has 11 heteroatoms. The highest BCUT2D eigenvalue weighted by Crippen LogP contribution is 2.31. The van der Waals surface area contributed by atoms with Gasteiger partial charge in [-0.05, 0) is 38.1 Å². The number of carbonyl (C=O) groups is 2. The number of nitrogens with one attached hydrogen (secondary N) is 2. The highest BCUT2D eigenvalue weighted by molar-refractivity contribution is 8.00. The molecule has 2 amide bonds. The maximum absolute atomic E-state index is 12.2. The number of nitrogens with two attached hydrogens (primary N) is 1. The van der Waals surface area contributed by atoms with Gasteiger partial charge in [0.2, 0.25) is 11.8 Å². The summed E-state index contributed by atoms with van der Waals surface area (Å²) in [4.78, 5) is 34.3. The first-order valence-electron chi connectivity index (χ1n) is 8.54. The van der Waals surface area contributed by atoms with E-state index in [-0.39, 0.29) is 40.7 Å². The number of carbonyl (C=O) groups excluding carboxylic acids is 2. The summed E-state index contributed by atoms with van der Waals surface area (Å²) < 4.78 is 5.32. The molecule has 0 saturated carbocycles. The average molecular weight is 433 g/mol. The van der Waals surface area contributed by atoms with Crippen LogP contribution < -0.4 is 16.4 Å². The Kier molecular flexibility index (Phi) is 9.66. The Hall–Kier alpha value is -1.88. The maximum atomic E-state index is 12.2. The number of benzene rings is 1. The Morgan fingerprint density at radius 3 is 2.64 bits per heavy atom. The van der Waals surface area contributed by atoms with Crippen LogP contribution >= 0.6 is 24.2 Å². The van der Waals surface area contributed by atoms with Gasteiger partial charge in [-0.25, -0.2) is 0 Å². The molecule has 1 fully saturated rings. The molecule has 1 saturated heterocycles. The van der Waals surface area contributed by atoms with Gasteiger partial charge in [0, 0.05) is 30.7 Å². The van der Waals surface area contributed by atoms with Crippen molar-refractivity contribution in [1.82, 2.24) is 10.6 Å². The third kappa shape index (κ3) is 6.62. The molecule has 0 aliphatic carbocycles. The van der Waals surface area contributed by atoms with Crippen LogP contribution in [0.3, 0.4) is 0 Å². The molecule has 0 unspecified atom stereocenters. The topological polar surface area (TPSA) is 137 Å². The predicted octanol–water partition coefficient (Wildman–Crippen LogP) is 1.34. The second-order valence-corrected chi connectivity index (χ2v) is 7.57. The normalized spacial score (nSPS) is 15.3. The molecule has 1 heterocycles. The summed E-state index contributed by atoms with van der Waals surface area (Å²) in [6, 6.07) is 3.98. The molecular weight excluding hydrogens is 408 g/mol. The lowest BCUT2D eigenvalue weighted by molar-refractivity contribution is -0.387. The van der Waals surface area contributed by atoms with E-state index in [9.17, 15) is 19.7 Å². The zero-order valence-corrected chi connectivity index (χ0v) is 17.2. The number of hydrogen-bond donors (Lipinski definition) is 3. The van der Waals surface area contributed by atoms with Crippen LogP contribution in [0.1, 0.15) is 23.2 Å². The van der Waals surface area contributed by atoms with Crippen molar-refractivity contribution >= 4 is 41.7 Å². The van der Waals surface area contributed by atoms with E-state index in [1.54, 1.807) is 7.11 Å². The lowest BCUT2D eigenvalue weighted by Crippen LogP contribution is -2.47. The van der Waals surface area contributed by atoms with Crippen molar-refractivity contribution < 1.29 is 19.2 Å². The van der Waals surface area contributed by atoms with E-state index in [4.69, 9.17) is 10.5 Å². The van der Waals surface area contributed by atoms with E-state index < -0.39 is 10.8 Å². The minimum Gasteiger partial charge on any atom is -0.384 e. The summed E-state index contributed by atoms with van der Waals surface area (Å²) in [7, 11) is 1.65. The molecule has 4 N–H and O–H groups in total. The van der Waals surface area contributed by atoms with E-state index in [1.165, 1.54) is 12.1 Å². The molecule has 0 aromatic heterocycles. The number of ether oxygens (including phenoxy) is 1. The van der Waals surface area contributed by atoms with Crippen LogP contribution in [-0.4, -0.2) is 55.8 Å². The van der Waals surface area contributed by atoms with Gasteiger partial charge in [-0.15, -0.1) is 24.2 Å². The van der Waals surface area contributed by atoms with Crippen molar-refractivity contribution in [3.63, 3.8) is 0 Å². The molecule has 9 nitrogen and oxygen atoms in total. The molecule has 1 aliphatic heterocycles. The first-order valence-corrected chi connectivity index (χ1v) is 9.53. The molecule has 156 valence electrons. The Bertz CT molecular complexity index is 707. The number of nitro groups is 1. The van der Waals surface area contributed by atoms with Gasteiger partial charge in [0.25, 0.3) is 5.69 Å². The van der Waals surface area contributed by atoms with Gasteiger partial charge in [0.05, 0.1) is 22.2 Å². The van der Waals surface area contributed by atoms with Gasteiger partial charge in [-0.2, -0.15) is 0 Å². The van der Waals surface area contributed by atoms with Crippen molar-refractivity contribution in [2.24, 2.45) is 11.1 Å². The summed E-state index contributed by atoms with van der Waals surface area (Å²) in [5.74, 6) is -0.905. The molecule has 0 radical (unpaired) electrons. The number of hydrogen-bond acceptors (Lipinski definition) is 7. The first kappa shape index (κ1) is 24.2. The van der Waals surface area contributed by atoms with Crippen molar-refractivity contribution in [2.45, 2.75) is 17.7 Å². The molecular formula is C17H25ClN4O5S. The van der Waals surface area contributed by atoms with Crippen molar-refractivity contribution in [1.29, 1.82) is 0 Å². The summed E-state index contributed by atoms with van der Waals surface area (Å²) in [6.07, 6.45) is 1.82. The minimum atomic E-state index is -0.738. The van der Waals surface area contributed by atoms with Gasteiger partial charge in [-0.3, -0.25) is 19.7 Å². The molecule has 2 rings (SSSR count). The monoisotopic (exact) mass is 432 g/mol. The zero-order chi connectivity index (χ0) is 19.9. The maximum Gasteiger partial charge on any atom is 0.283 e. The fourth-order valence-electron chi connectivity index (χ4n) is 3.05. The highest BCUT2D eigenvalue weighted by Gasteiger charge is 2.32. The Labute approximate surface area is 173 Å². The van der Waals surface area contributed by atoms with Gasteiger partial charge in [0.1, 0.15) is 0 Å². The second kappa shape index (κ2) is 11.2. The lowest BCUT2D eigenvalue weighted by Gasteiger charge is -2.37. The number of rotatable bonds is 9. The van der Waals surface area contributed by atoms with Crippen LogP contribution in [0.15, 0.2) is 23.1 Å². The quantitative estimate of drug-likeness (QED) is 0.304. The van der Waals surface area contributed by atoms with Crippen LogP contribution in [0.25, 0.3) is 0 Å². The van der Waals surface area contributed by atoms with Gasteiger partial charge < -0.3 is 21.1 Å².